The third-order valence-electron chi connectivity index (χ3n) is 6.67. The number of halogens is 2. The van der Waals surface area contributed by atoms with Crippen molar-refractivity contribution in [1.29, 1.82) is 0 Å². The second-order valence-electron chi connectivity index (χ2n) is 9.70. The molecule has 2 aromatic carbocycles. The highest BCUT2D eigenvalue weighted by Crippen LogP contribution is 2.33. The van der Waals surface area contributed by atoms with E-state index in [2.05, 4.69) is 20.5 Å². The predicted octanol–water partition coefficient (Wildman–Crippen LogP) is 5.88. The molecule has 0 bridgehead atoms. The first-order chi connectivity index (χ1) is 16.4. The Kier molecular flexibility index (Phi) is 6.70. The standard InChI is InChI=1S/C27H30Cl2N4O/c1-18(2)27(34)32(22-10-11-22)17-25-24-16-31(15-19-4-3-5-21(29)14-19)13-12-26(24)33(30-25)23-8-6-20(28)7-9-23/h3-9,14,18,22H,10-13,15-17H2,1-2H3. The summed E-state index contributed by atoms with van der Waals surface area (Å²) in [5, 5.41) is 6.54. The first-order valence-corrected chi connectivity index (χ1v) is 12.8. The van der Waals surface area contributed by atoms with E-state index in [-0.39, 0.29) is 11.8 Å². The molecule has 0 saturated heterocycles. The van der Waals surface area contributed by atoms with E-state index in [1.807, 2.05) is 56.3 Å². The summed E-state index contributed by atoms with van der Waals surface area (Å²) in [5.74, 6) is 0.193. The fourth-order valence-corrected chi connectivity index (χ4v) is 5.10. The van der Waals surface area contributed by atoms with Gasteiger partial charge in [0, 0.05) is 53.6 Å². The Balaban J connectivity index is 1.48. The lowest BCUT2D eigenvalue weighted by molar-refractivity contribution is -0.135. The van der Waals surface area contributed by atoms with Crippen LogP contribution in [0.25, 0.3) is 5.69 Å². The molecule has 5 nitrogen and oxygen atoms in total. The molecule has 0 unspecified atom stereocenters. The van der Waals surface area contributed by atoms with Crippen LogP contribution >= 0.6 is 23.2 Å². The molecule has 2 heterocycles. The van der Waals surface area contributed by atoms with E-state index in [4.69, 9.17) is 28.3 Å². The van der Waals surface area contributed by atoms with E-state index in [1.54, 1.807) is 0 Å². The Morgan fingerprint density at radius 1 is 1.12 bits per heavy atom. The van der Waals surface area contributed by atoms with Crippen LogP contribution < -0.4 is 0 Å². The lowest BCUT2D eigenvalue weighted by Gasteiger charge is -2.29. The molecule has 178 valence electrons. The second kappa shape index (κ2) is 9.73. The number of benzene rings is 2. The molecule has 2 aliphatic rings. The molecule has 1 aliphatic heterocycles. The van der Waals surface area contributed by atoms with Crippen LogP contribution in [0.5, 0.6) is 0 Å². The molecular formula is C27H30Cl2N4O. The number of hydrogen-bond donors (Lipinski definition) is 0. The van der Waals surface area contributed by atoms with Crippen LogP contribution in [0.15, 0.2) is 48.5 Å². The van der Waals surface area contributed by atoms with E-state index in [1.165, 1.54) is 16.8 Å². The fourth-order valence-electron chi connectivity index (χ4n) is 4.76. The van der Waals surface area contributed by atoms with E-state index in [9.17, 15) is 4.79 Å². The van der Waals surface area contributed by atoms with E-state index < -0.39 is 0 Å². The highest BCUT2D eigenvalue weighted by Gasteiger charge is 2.35. The summed E-state index contributed by atoms with van der Waals surface area (Å²) in [6, 6.07) is 16.2. The molecule has 1 fully saturated rings. The van der Waals surface area contributed by atoms with Crippen molar-refractivity contribution in [2.24, 2.45) is 5.92 Å². The van der Waals surface area contributed by atoms with Crippen molar-refractivity contribution in [2.75, 3.05) is 6.54 Å². The summed E-state index contributed by atoms with van der Waals surface area (Å²) >= 11 is 12.4. The van der Waals surface area contributed by atoms with Gasteiger partial charge in [-0.1, -0.05) is 49.2 Å². The summed E-state index contributed by atoms with van der Waals surface area (Å²) in [4.78, 5) is 17.5. The molecule has 1 aromatic heterocycles. The molecule has 1 aliphatic carbocycles. The molecular weight excluding hydrogens is 467 g/mol. The third-order valence-corrected chi connectivity index (χ3v) is 7.16. The number of fused-ring (bicyclic) bond motifs is 1. The van der Waals surface area contributed by atoms with Gasteiger partial charge in [-0.25, -0.2) is 4.68 Å². The first kappa shape index (κ1) is 23.4. The average Bonchev–Trinajstić information content (AvgIpc) is 3.59. The Hall–Kier alpha value is -2.34. The molecule has 5 rings (SSSR count). The van der Waals surface area contributed by atoms with E-state index in [0.717, 1.165) is 55.3 Å². The maximum absolute atomic E-state index is 13.0. The number of carbonyl (C=O) groups is 1. The van der Waals surface area contributed by atoms with Gasteiger partial charge in [0.1, 0.15) is 0 Å². The molecule has 0 atom stereocenters. The predicted molar refractivity (Wildman–Crippen MR) is 136 cm³/mol. The van der Waals surface area contributed by atoms with Crippen LogP contribution in [0, 0.1) is 5.92 Å². The quantitative estimate of drug-likeness (QED) is 0.409. The van der Waals surface area contributed by atoms with Gasteiger partial charge in [0.05, 0.1) is 23.6 Å². The van der Waals surface area contributed by atoms with Crippen molar-refractivity contribution >= 4 is 29.1 Å². The fraction of sp³-hybridized carbons (Fsp3) is 0.407. The Bertz CT molecular complexity index is 1180. The highest BCUT2D eigenvalue weighted by atomic mass is 35.5. The van der Waals surface area contributed by atoms with Gasteiger partial charge in [-0.15, -0.1) is 0 Å². The number of carbonyl (C=O) groups excluding carboxylic acids is 1. The summed E-state index contributed by atoms with van der Waals surface area (Å²) in [7, 11) is 0. The average molecular weight is 497 g/mol. The maximum atomic E-state index is 13.0. The molecule has 0 spiro atoms. The topological polar surface area (TPSA) is 41.4 Å². The van der Waals surface area contributed by atoms with Gasteiger partial charge in [-0.2, -0.15) is 5.10 Å². The Labute approximate surface area is 211 Å². The van der Waals surface area contributed by atoms with Crippen LogP contribution in [-0.4, -0.2) is 38.1 Å². The minimum Gasteiger partial charge on any atom is -0.334 e. The van der Waals surface area contributed by atoms with Crippen molar-refractivity contribution in [3.05, 3.63) is 81.1 Å². The van der Waals surface area contributed by atoms with Crippen molar-refractivity contribution in [2.45, 2.75) is 58.8 Å². The van der Waals surface area contributed by atoms with Crippen molar-refractivity contribution in [1.82, 2.24) is 19.6 Å². The van der Waals surface area contributed by atoms with Gasteiger partial charge in [0.15, 0.2) is 0 Å². The van der Waals surface area contributed by atoms with Crippen LogP contribution in [0.3, 0.4) is 0 Å². The molecule has 1 amide bonds. The lowest BCUT2D eigenvalue weighted by Crippen LogP contribution is -2.36. The van der Waals surface area contributed by atoms with E-state index in [0.29, 0.717) is 17.6 Å². The van der Waals surface area contributed by atoms with Gasteiger partial charge >= 0.3 is 0 Å². The van der Waals surface area contributed by atoms with Gasteiger partial charge in [-0.3, -0.25) is 9.69 Å². The number of rotatable bonds is 7. The summed E-state index contributed by atoms with van der Waals surface area (Å²) in [5.41, 5.74) is 5.68. The molecule has 0 N–H and O–H groups in total. The second-order valence-corrected chi connectivity index (χ2v) is 10.6. The lowest BCUT2D eigenvalue weighted by atomic mass is 10.0. The summed E-state index contributed by atoms with van der Waals surface area (Å²) in [6.45, 7) is 7.10. The van der Waals surface area contributed by atoms with Gasteiger partial charge < -0.3 is 4.90 Å². The van der Waals surface area contributed by atoms with Crippen LogP contribution in [0.2, 0.25) is 10.0 Å². The Morgan fingerprint density at radius 2 is 1.88 bits per heavy atom. The minimum absolute atomic E-state index is 0.0193. The number of hydrogen-bond acceptors (Lipinski definition) is 3. The molecule has 34 heavy (non-hydrogen) atoms. The smallest absolute Gasteiger partial charge is 0.225 e. The number of amides is 1. The van der Waals surface area contributed by atoms with Crippen molar-refractivity contribution < 1.29 is 4.79 Å². The maximum Gasteiger partial charge on any atom is 0.225 e. The van der Waals surface area contributed by atoms with Gasteiger partial charge in [0.25, 0.3) is 0 Å². The largest absolute Gasteiger partial charge is 0.334 e. The van der Waals surface area contributed by atoms with Gasteiger partial charge in [0.2, 0.25) is 5.91 Å². The van der Waals surface area contributed by atoms with E-state index >= 15 is 0 Å². The molecule has 3 aromatic rings. The Morgan fingerprint density at radius 3 is 2.56 bits per heavy atom. The third kappa shape index (κ3) is 5.02. The molecule has 0 radical (unpaired) electrons. The van der Waals surface area contributed by atoms with Crippen molar-refractivity contribution in [3.8, 4) is 5.69 Å². The SMILES string of the molecule is CC(C)C(=O)N(Cc1nn(-c2ccc(Cl)cc2)c2c1CN(Cc1cccc(Cl)c1)CC2)C1CC1. The summed E-state index contributed by atoms with van der Waals surface area (Å²) < 4.78 is 2.06. The number of nitrogens with zero attached hydrogens (tertiary/aromatic N) is 4. The van der Waals surface area contributed by atoms with Crippen LogP contribution in [0.4, 0.5) is 0 Å². The molecule has 7 heteroatoms. The first-order valence-electron chi connectivity index (χ1n) is 12.0. The van der Waals surface area contributed by atoms with Gasteiger partial charge in [-0.05, 0) is 54.8 Å². The minimum atomic E-state index is -0.0193. The number of aromatic nitrogens is 2. The monoisotopic (exact) mass is 496 g/mol. The summed E-state index contributed by atoms with van der Waals surface area (Å²) in [6.07, 6.45) is 3.06. The van der Waals surface area contributed by atoms with Crippen LogP contribution in [-0.2, 0) is 30.8 Å². The molecule has 1 saturated carbocycles. The zero-order valence-electron chi connectivity index (χ0n) is 19.7. The van der Waals surface area contributed by atoms with Crippen molar-refractivity contribution in [3.63, 3.8) is 0 Å². The normalized spacial score (nSPS) is 16.0. The van der Waals surface area contributed by atoms with Crippen LogP contribution in [0.1, 0.15) is 49.2 Å². The zero-order chi connectivity index (χ0) is 23.8. The highest BCUT2D eigenvalue weighted by molar-refractivity contribution is 6.30. The zero-order valence-corrected chi connectivity index (χ0v) is 21.2.